The van der Waals surface area contributed by atoms with E-state index >= 15 is 0 Å². The van der Waals surface area contributed by atoms with Gasteiger partial charge in [-0.1, -0.05) is 29.8 Å². The summed E-state index contributed by atoms with van der Waals surface area (Å²) in [5.41, 5.74) is 5.64. The van der Waals surface area contributed by atoms with Crippen molar-refractivity contribution >= 4 is 35.0 Å². The van der Waals surface area contributed by atoms with Gasteiger partial charge in [-0.25, -0.2) is 0 Å². The molecule has 2 aromatic rings. The Hall–Kier alpha value is -3.06. The fraction of sp³-hybridized carbons (Fsp3) is 0.211. The molecule has 1 aliphatic heterocycles. The molecular formula is C19H18ClN3O4. The number of para-hydroxylation sites is 1. The standard InChI is InChI=1S/C19H18ClN3O4/c1-27-16-8-7-13(20)10-15(16)19(26)22-21-18(25)12-9-17(24)23(11-12)14-5-3-2-4-6-14/h2-8,10,12H,9,11H2,1H3,(H,21,25)(H,22,26). The Morgan fingerprint density at radius 2 is 1.89 bits per heavy atom. The van der Waals surface area contributed by atoms with E-state index in [0.717, 1.165) is 5.69 Å². The molecule has 1 unspecified atom stereocenters. The maximum atomic E-state index is 12.4. The molecule has 27 heavy (non-hydrogen) atoms. The van der Waals surface area contributed by atoms with Gasteiger partial charge in [0.05, 0.1) is 18.6 Å². The van der Waals surface area contributed by atoms with Crippen LogP contribution < -0.4 is 20.5 Å². The van der Waals surface area contributed by atoms with Crippen LogP contribution in [0.4, 0.5) is 5.69 Å². The number of halogens is 1. The molecular weight excluding hydrogens is 370 g/mol. The highest BCUT2D eigenvalue weighted by atomic mass is 35.5. The summed E-state index contributed by atoms with van der Waals surface area (Å²) < 4.78 is 5.12. The third-order valence-electron chi connectivity index (χ3n) is 4.27. The Balaban J connectivity index is 1.61. The van der Waals surface area contributed by atoms with Crippen molar-refractivity contribution in [3.8, 4) is 5.75 Å². The number of nitrogens with one attached hydrogen (secondary N) is 2. The van der Waals surface area contributed by atoms with Crippen molar-refractivity contribution in [3.63, 3.8) is 0 Å². The average Bonchev–Trinajstić information content (AvgIpc) is 3.08. The number of nitrogens with zero attached hydrogens (tertiary/aromatic N) is 1. The summed E-state index contributed by atoms with van der Waals surface area (Å²) in [4.78, 5) is 38.4. The number of methoxy groups -OCH3 is 1. The van der Waals surface area contributed by atoms with Gasteiger partial charge in [-0.15, -0.1) is 0 Å². The Morgan fingerprint density at radius 1 is 1.15 bits per heavy atom. The Bertz CT molecular complexity index is 873. The molecule has 7 nitrogen and oxygen atoms in total. The van der Waals surface area contributed by atoms with Crippen LogP contribution in [0.2, 0.25) is 5.02 Å². The van der Waals surface area contributed by atoms with E-state index in [4.69, 9.17) is 16.3 Å². The molecule has 1 atom stereocenters. The largest absolute Gasteiger partial charge is 0.496 e. The van der Waals surface area contributed by atoms with E-state index in [1.165, 1.54) is 13.2 Å². The summed E-state index contributed by atoms with van der Waals surface area (Å²) in [6, 6.07) is 13.7. The lowest BCUT2D eigenvalue weighted by atomic mass is 10.1. The number of hydrogen-bond acceptors (Lipinski definition) is 4. The Morgan fingerprint density at radius 3 is 2.59 bits per heavy atom. The molecule has 0 radical (unpaired) electrons. The molecule has 0 spiro atoms. The fourth-order valence-electron chi connectivity index (χ4n) is 2.89. The second-order valence-electron chi connectivity index (χ2n) is 6.03. The van der Waals surface area contributed by atoms with Gasteiger partial charge in [-0.05, 0) is 30.3 Å². The third kappa shape index (κ3) is 4.20. The van der Waals surface area contributed by atoms with Gasteiger partial charge in [0.15, 0.2) is 0 Å². The summed E-state index contributed by atoms with van der Waals surface area (Å²) in [5, 5.41) is 0.368. The summed E-state index contributed by atoms with van der Waals surface area (Å²) in [7, 11) is 1.43. The molecule has 8 heteroatoms. The molecule has 2 N–H and O–H groups in total. The van der Waals surface area contributed by atoms with Gasteiger partial charge >= 0.3 is 0 Å². The van der Waals surface area contributed by atoms with Gasteiger partial charge in [0.2, 0.25) is 11.8 Å². The fourth-order valence-corrected chi connectivity index (χ4v) is 3.06. The number of carbonyl (C=O) groups excluding carboxylic acids is 3. The summed E-state index contributed by atoms with van der Waals surface area (Å²) in [6.45, 7) is 0.255. The van der Waals surface area contributed by atoms with Crippen LogP contribution in [0.1, 0.15) is 16.8 Å². The molecule has 1 aliphatic rings. The van der Waals surface area contributed by atoms with E-state index in [-0.39, 0.29) is 24.4 Å². The maximum absolute atomic E-state index is 12.4. The van der Waals surface area contributed by atoms with Crippen LogP contribution in [-0.4, -0.2) is 31.4 Å². The van der Waals surface area contributed by atoms with Crippen LogP contribution in [0, 0.1) is 5.92 Å². The quantitative estimate of drug-likeness (QED) is 0.787. The molecule has 0 aliphatic carbocycles. The molecule has 1 fully saturated rings. The molecule has 1 saturated heterocycles. The first-order valence-corrected chi connectivity index (χ1v) is 8.66. The molecule has 1 heterocycles. The van der Waals surface area contributed by atoms with Crippen molar-refractivity contribution in [2.75, 3.05) is 18.6 Å². The monoisotopic (exact) mass is 387 g/mol. The average molecular weight is 388 g/mol. The lowest BCUT2D eigenvalue weighted by molar-refractivity contribution is -0.126. The van der Waals surface area contributed by atoms with Gasteiger partial charge in [-0.2, -0.15) is 0 Å². The highest BCUT2D eigenvalue weighted by Crippen LogP contribution is 2.25. The molecule has 140 valence electrons. The SMILES string of the molecule is COc1ccc(Cl)cc1C(=O)NNC(=O)C1CC(=O)N(c2ccccc2)C1. The van der Waals surface area contributed by atoms with Crippen LogP contribution in [0.25, 0.3) is 0 Å². The second kappa shape index (κ2) is 8.09. The zero-order valence-electron chi connectivity index (χ0n) is 14.6. The molecule has 2 aromatic carbocycles. The van der Waals surface area contributed by atoms with Gasteiger partial charge in [0, 0.05) is 23.7 Å². The number of amides is 3. The number of rotatable bonds is 4. The normalized spacial score (nSPS) is 16.1. The van der Waals surface area contributed by atoms with Gasteiger partial charge in [0.1, 0.15) is 5.75 Å². The summed E-state index contributed by atoms with van der Waals surface area (Å²) in [6.07, 6.45) is 0.0804. The van der Waals surface area contributed by atoms with Crippen LogP contribution in [0.15, 0.2) is 48.5 Å². The van der Waals surface area contributed by atoms with Crippen molar-refractivity contribution in [1.82, 2.24) is 10.9 Å². The van der Waals surface area contributed by atoms with Crippen molar-refractivity contribution in [2.45, 2.75) is 6.42 Å². The number of hydrogen-bond donors (Lipinski definition) is 2. The van der Waals surface area contributed by atoms with Crippen LogP contribution >= 0.6 is 11.6 Å². The first-order chi connectivity index (χ1) is 13.0. The Labute approximate surface area is 161 Å². The van der Waals surface area contributed by atoms with E-state index in [1.807, 2.05) is 30.3 Å². The summed E-state index contributed by atoms with van der Waals surface area (Å²) >= 11 is 5.91. The van der Waals surface area contributed by atoms with E-state index in [9.17, 15) is 14.4 Å². The summed E-state index contributed by atoms with van der Waals surface area (Å²) in [5.74, 6) is -1.36. The smallest absolute Gasteiger partial charge is 0.273 e. The maximum Gasteiger partial charge on any atom is 0.273 e. The zero-order chi connectivity index (χ0) is 19.4. The number of ether oxygens (including phenoxy) is 1. The molecule has 3 amide bonds. The lowest BCUT2D eigenvalue weighted by Gasteiger charge is -2.16. The minimum absolute atomic E-state index is 0.0804. The van der Waals surface area contributed by atoms with Crippen molar-refractivity contribution in [2.24, 2.45) is 5.92 Å². The number of anilines is 1. The molecule has 0 bridgehead atoms. The van der Waals surface area contributed by atoms with Gasteiger partial charge < -0.3 is 9.64 Å². The highest BCUT2D eigenvalue weighted by Gasteiger charge is 2.35. The van der Waals surface area contributed by atoms with E-state index in [2.05, 4.69) is 10.9 Å². The van der Waals surface area contributed by atoms with Crippen molar-refractivity contribution in [3.05, 3.63) is 59.1 Å². The van der Waals surface area contributed by atoms with Crippen LogP contribution in [0.3, 0.4) is 0 Å². The topological polar surface area (TPSA) is 87.7 Å². The number of hydrazine groups is 1. The number of carbonyl (C=O) groups is 3. The first-order valence-electron chi connectivity index (χ1n) is 8.28. The van der Waals surface area contributed by atoms with Crippen molar-refractivity contribution in [1.29, 1.82) is 0 Å². The molecule has 0 aromatic heterocycles. The third-order valence-corrected chi connectivity index (χ3v) is 4.50. The Kier molecular flexibility index (Phi) is 5.61. The van der Waals surface area contributed by atoms with E-state index in [0.29, 0.717) is 10.8 Å². The van der Waals surface area contributed by atoms with Crippen LogP contribution in [0.5, 0.6) is 5.75 Å². The van der Waals surface area contributed by atoms with Gasteiger partial charge in [0.25, 0.3) is 5.91 Å². The van der Waals surface area contributed by atoms with Gasteiger partial charge in [-0.3, -0.25) is 25.2 Å². The van der Waals surface area contributed by atoms with E-state index < -0.39 is 17.7 Å². The predicted octanol–water partition coefficient (Wildman–Crippen LogP) is 2.16. The lowest BCUT2D eigenvalue weighted by Crippen LogP contribution is -2.45. The minimum Gasteiger partial charge on any atom is -0.496 e. The second-order valence-corrected chi connectivity index (χ2v) is 6.47. The number of benzene rings is 2. The van der Waals surface area contributed by atoms with Crippen LogP contribution in [-0.2, 0) is 9.59 Å². The predicted molar refractivity (Wildman–Crippen MR) is 101 cm³/mol. The zero-order valence-corrected chi connectivity index (χ0v) is 15.3. The highest BCUT2D eigenvalue weighted by molar-refractivity contribution is 6.31. The minimum atomic E-state index is -0.563. The first kappa shape index (κ1) is 18.7. The molecule has 0 saturated carbocycles. The van der Waals surface area contributed by atoms with Crippen molar-refractivity contribution < 1.29 is 19.1 Å². The van der Waals surface area contributed by atoms with E-state index in [1.54, 1.807) is 17.0 Å². The molecule has 3 rings (SSSR count).